The van der Waals surface area contributed by atoms with E-state index in [1.54, 1.807) is 0 Å². The summed E-state index contributed by atoms with van der Waals surface area (Å²) in [5.74, 6) is -2.02. The number of carboxylic acids is 1. The molecule has 0 aliphatic carbocycles. The smallest absolute Gasteiger partial charge is 0.366 e. The van der Waals surface area contributed by atoms with E-state index in [4.69, 9.17) is 5.11 Å². The Kier molecular flexibility index (Phi) is 6.53. The lowest BCUT2D eigenvalue weighted by Gasteiger charge is -1.98. The lowest BCUT2D eigenvalue weighted by molar-refractivity contribution is -0.267. The van der Waals surface area contributed by atoms with Crippen LogP contribution in [-0.2, 0) is 19.4 Å². The Morgan fingerprint density at radius 1 is 1.38 bits per heavy atom. The van der Waals surface area contributed by atoms with Gasteiger partial charge in [0.15, 0.2) is 0 Å². The van der Waals surface area contributed by atoms with Crippen molar-refractivity contribution in [3.63, 3.8) is 0 Å². The van der Waals surface area contributed by atoms with Crippen molar-refractivity contribution < 1.29 is 24.5 Å². The van der Waals surface area contributed by atoms with E-state index < -0.39 is 11.9 Å². The first kappa shape index (κ1) is 11.6. The van der Waals surface area contributed by atoms with E-state index in [0.29, 0.717) is 12.7 Å². The highest BCUT2D eigenvalue weighted by Crippen LogP contribution is 1.90. The summed E-state index contributed by atoms with van der Waals surface area (Å²) in [4.78, 5) is 29.2. The van der Waals surface area contributed by atoms with Gasteiger partial charge in [-0.1, -0.05) is 13.3 Å². The Balaban J connectivity index is 3.46. The first-order valence-electron chi connectivity index (χ1n) is 3.91. The molecule has 0 atom stereocenters. The van der Waals surface area contributed by atoms with Crippen LogP contribution in [0.3, 0.4) is 0 Å². The molecule has 0 aromatic rings. The molecule has 0 aliphatic rings. The lowest BCUT2D eigenvalue weighted by atomic mass is 10.4. The van der Waals surface area contributed by atoms with Gasteiger partial charge in [-0.2, -0.15) is 4.89 Å². The number of rotatable bonds is 6. The zero-order chi connectivity index (χ0) is 10.1. The molecule has 74 valence electrons. The van der Waals surface area contributed by atoms with Crippen molar-refractivity contribution in [3.8, 4) is 0 Å². The molecule has 13 heavy (non-hydrogen) atoms. The van der Waals surface area contributed by atoms with Gasteiger partial charge in [0.1, 0.15) is 0 Å². The summed E-state index contributed by atoms with van der Waals surface area (Å²) in [7, 11) is 0. The number of carbonyl (C=O) groups excluding carboxylic acids is 1. The molecular formula is C8H12O5. The Morgan fingerprint density at radius 3 is 2.62 bits per heavy atom. The van der Waals surface area contributed by atoms with Crippen molar-refractivity contribution in [1.29, 1.82) is 0 Å². The maximum atomic E-state index is 10.6. The largest absolute Gasteiger partial charge is 0.478 e. The third-order valence-corrected chi connectivity index (χ3v) is 1.08. The average Bonchev–Trinajstić information content (AvgIpc) is 2.09. The summed E-state index contributed by atoms with van der Waals surface area (Å²) >= 11 is 0. The van der Waals surface area contributed by atoms with Crippen LogP contribution < -0.4 is 0 Å². The predicted octanol–water partition coefficient (Wildman–Crippen LogP) is 0.902. The molecule has 0 fully saturated rings. The van der Waals surface area contributed by atoms with Gasteiger partial charge in [0, 0.05) is 12.2 Å². The van der Waals surface area contributed by atoms with Gasteiger partial charge in [-0.05, 0) is 6.42 Å². The number of hydrogen-bond acceptors (Lipinski definition) is 4. The van der Waals surface area contributed by atoms with Crippen molar-refractivity contribution >= 4 is 11.9 Å². The van der Waals surface area contributed by atoms with Crippen LogP contribution in [0.1, 0.15) is 19.8 Å². The van der Waals surface area contributed by atoms with Crippen molar-refractivity contribution in [2.24, 2.45) is 0 Å². The van der Waals surface area contributed by atoms with Gasteiger partial charge in [-0.25, -0.2) is 9.59 Å². The minimum atomic E-state index is -1.20. The fourth-order valence-electron chi connectivity index (χ4n) is 0.470. The van der Waals surface area contributed by atoms with Gasteiger partial charge in [0.05, 0.1) is 6.61 Å². The monoisotopic (exact) mass is 188 g/mol. The highest BCUT2D eigenvalue weighted by Gasteiger charge is 1.98. The van der Waals surface area contributed by atoms with Gasteiger partial charge in [0.2, 0.25) is 0 Å². The quantitative estimate of drug-likeness (QED) is 0.290. The summed E-state index contributed by atoms with van der Waals surface area (Å²) in [5, 5.41) is 8.14. The second-order valence-electron chi connectivity index (χ2n) is 2.25. The standard InChI is InChI=1S/C8H12O5/c1-2-3-6-12-13-8(11)5-4-7(9)10/h4-5H,2-3,6H2,1H3,(H,9,10). The predicted molar refractivity (Wildman–Crippen MR) is 43.7 cm³/mol. The zero-order valence-electron chi connectivity index (χ0n) is 7.36. The first-order valence-corrected chi connectivity index (χ1v) is 3.91. The molecule has 0 heterocycles. The Bertz CT molecular complexity index is 197. The number of carbonyl (C=O) groups is 2. The van der Waals surface area contributed by atoms with Gasteiger partial charge < -0.3 is 5.11 Å². The van der Waals surface area contributed by atoms with E-state index in [2.05, 4.69) is 9.78 Å². The van der Waals surface area contributed by atoms with Crippen molar-refractivity contribution in [3.05, 3.63) is 12.2 Å². The summed E-state index contributed by atoms with van der Waals surface area (Å²) in [5.41, 5.74) is 0. The maximum absolute atomic E-state index is 10.6. The molecule has 0 unspecified atom stereocenters. The molecule has 0 amide bonds. The molecule has 5 nitrogen and oxygen atoms in total. The van der Waals surface area contributed by atoms with E-state index in [1.807, 2.05) is 6.92 Å². The van der Waals surface area contributed by atoms with Crippen molar-refractivity contribution in [2.45, 2.75) is 19.8 Å². The number of hydrogen-bond donors (Lipinski definition) is 1. The average molecular weight is 188 g/mol. The molecule has 0 rings (SSSR count). The van der Waals surface area contributed by atoms with Gasteiger partial charge in [-0.15, -0.1) is 0 Å². The molecule has 0 aromatic heterocycles. The van der Waals surface area contributed by atoms with Crippen molar-refractivity contribution in [2.75, 3.05) is 6.61 Å². The van der Waals surface area contributed by atoms with E-state index >= 15 is 0 Å². The summed E-state index contributed by atoms with van der Waals surface area (Å²) in [6, 6.07) is 0. The Labute approximate surface area is 75.9 Å². The third-order valence-electron chi connectivity index (χ3n) is 1.08. The van der Waals surface area contributed by atoms with Gasteiger partial charge in [-0.3, -0.25) is 4.89 Å². The molecule has 0 saturated carbocycles. The van der Waals surface area contributed by atoms with Crippen LogP contribution in [0.4, 0.5) is 0 Å². The van der Waals surface area contributed by atoms with E-state index in [-0.39, 0.29) is 0 Å². The highest BCUT2D eigenvalue weighted by molar-refractivity contribution is 5.90. The van der Waals surface area contributed by atoms with Crippen LogP contribution in [0.2, 0.25) is 0 Å². The van der Waals surface area contributed by atoms with Gasteiger partial charge in [0.25, 0.3) is 0 Å². The SMILES string of the molecule is CCCCOOC(=O)C=CC(=O)O. The fraction of sp³-hybridized carbons (Fsp3) is 0.500. The molecule has 0 radical (unpaired) electrons. The van der Waals surface area contributed by atoms with E-state index in [9.17, 15) is 9.59 Å². The Morgan fingerprint density at radius 2 is 2.08 bits per heavy atom. The molecule has 0 spiro atoms. The second kappa shape index (κ2) is 7.30. The second-order valence-corrected chi connectivity index (χ2v) is 2.25. The molecular weight excluding hydrogens is 176 g/mol. The molecule has 1 N–H and O–H groups in total. The van der Waals surface area contributed by atoms with Crippen LogP contribution in [0.25, 0.3) is 0 Å². The van der Waals surface area contributed by atoms with E-state index in [0.717, 1.165) is 18.9 Å². The normalized spacial score (nSPS) is 10.2. The molecule has 0 saturated heterocycles. The molecule has 0 bridgehead atoms. The molecule has 5 heteroatoms. The summed E-state index contributed by atoms with van der Waals surface area (Å²) < 4.78 is 0. The van der Waals surface area contributed by atoms with E-state index in [1.165, 1.54) is 0 Å². The number of unbranched alkanes of at least 4 members (excludes halogenated alkanes) is 1. The zero-order valence-corrected chi connectivity index (χ0v) is 7.36. The first-order chi connectivity index (χ1) is 6.16. The van der Waals surface area contributed by atoms with Crippen LogP contribution >= 0.6 is 0 Å². The molecule has 0 aromatic carbocycles. The van der Waals surface area contributed by atoms with Crippen LogP contribution in [-0.4, -0.2) is 23.7 Å². The number of carboxylic acid groups (broad SMARTS) is 1. The molecule has 0 aliphatic heterocycles. The highest BCUT2D eigenvalue weighted by atomic mass is 17.2. The van der Waals surface area contributed by atoms with Crippen molar-refractivity contribution in [1.82, 2.24) is 0 Å². The Hall–Kier alpha value is -1.36. The van der Waals surface area contributed by atoms with Gasteiger partial charge >= 0.3 is 11.9 Å². The maximum Gasteiger partial charge on any atom is 0.366 e. The van der Waals surface area contributed by atoms with Crippen LogP contribution in [0.15, 0.2) is 12.2 Å². The minimum absolute atomic E-state index is 0.323. The summed E-state index contributed by atoms with van der Waals surface area (Å²) in [6.45, 7) is 2.29. The lowest BCUT2D eigenvalue weighted by Crippen LogP contribution is -2.04. The third kappa shape index (κ3) is 8.55. The fourth-order valence-corrected chi connectivity index (χ4v) is 0.470. The minimum Gasteiger partial charge on any atom is -0.478 e. The number of aliphatic carboxylic acids is 1. The van der Waals surface area contributed by atoms with Crippen LogP contribution in [0, 0.1) is 0 Å². The summed E-state index contributed by atoms with van der Waals surface area (Å²) in [6.07, 6.45) is 3.19. The van der Waals surface area contributed by atoms with Crippen LogP contribution in [0.5, 0.6) is 0 Å². The topological polar surface area (TPSA) is 72.8 Å².